The molecule has 0 saturated heterocycles. The number of fused-ring (bicyclic) bond motifs is 1. The molecule has 3 rings (SSSR count). The average Bonchev–Trinajstić information content (AvgIpc) is 3.24. The van der Waals surface area contributed by atoms with Crippen LogP contribution in [0.25, 0.3) is 5.69 Å². The molecule has 0 radical (unpaired) electrons. The van der Waals surface area contributed by atoms with Gasteiger partial charge in [0.25, 0.3) is 0 Å². The van der Waals surface area contributed by atoms with E-state index in [1.54, 1.807) is 16.4 Å². The van der Waals surface area contributed by atoms with E-state index in [9.17, 15) is 9.59 Å². The van der Waals surface area contributed by atoms with Gasteiger partial charge < -0.3 is 15.4 Å². The zero-order chi connectivity index (χ0) is 19.2. The fourth-order valence-corrected chi connectivity index (χ4v) is 3.92. The Morgan fingerprint density at radius 2 is 2.07 bits per heavy atom. The Morgan fingerprint density at radius 1 is 1.26 bits per heavy atom. The van der Waals surface area contributed by atoms with Gasteiger partial charge in [-0.1, -0.05) is 18.2 Å². The Kier molecular flexibility index (Phi) is 6.52. The fraction of sp³-hybridized carbons (Fsp3) is 0.421. The Labute approximate surface area is 162 Å². The van der Waals surface area contributed by atoms with Crippen LogP contribution in [-0.2, 0) is 25.8 Å². The van der Waals surface area contributed by atoms with Gasteiger partial charge in [-0.25, -0.2) is 4.68 Å². The minimum Gasteiger partial charge on any atom is -0.382 e. The van der Waals surface area contributed by atoms with Gasteiger partial charge in [0, 0.05) is 36.8 Å². The number of hydrogen-bond donors (Lipinski definition) is 2. The van der Waals surface area contributed by atoms with Crippen molar-refractivity contribution in [2.75, 3.05) is 25.1 Å². The molecule has 0 bridgehead atoms. The predicted octanol–water partition coefficient (Wildman–Crippen LogP) is 2.41. The first kappa shape index (κ1) is 19.4. The van der Waals surface area contributed by atoms with Crippen LogP contribution in [0.1, 0.15) is 30.2 Å². The van der Waals surface area contributed by atoms with Crippen LogP contribution in [0.15, 0.2) is 24.3 Å². The second-order valence-corrected chi connectivity index (χ2v) is 7.21. The van der Waals surface area contributed by atoms with Crippen LogP contribution < -0.4 is 10.6 Å². The summed E-state index contributed by atoms with van der Waals surface area (Å²) in [5.74, 6) is 0.830. The molecule has 2 heterocycles. The fourth-order valence-electron chi connectivity index (χ4n) is 2.88. The minimum absolute atomic E-state index is 0.400. The van der Waals surface area contributed by atoms with Crippen LogP contribution in [0.4, 0.5) is 5.82 Å². The van der Waals surface area contributed by atoms with Crippen molar-refractivity contribution in [1.29, 1.82) is 0 Å². The van der Waals surface area contributed by atoms with E-state index in [2.05, 4.69) is 15.7 Å². The normalized spacial score (nSPS) is 12.7. The van der Waals surface area contributed by atoms with E-state index in [0.717, 1.165) is 34.0 Å². The van der Waals surface area contributed by atoms with Crippen LogP contribution in [-0.4, -0.2) is 41.4 Å². The van der Waals surface area contributed by atoms with E-state index >= 15 is 0 Å². The lowest BCUT2D eigenvalue weighted by molar-refractivity contribution is -0.136. The van der Waals surface area contributed by atoms with Crippen LogP contribution in [0.2, 0.25) is 0 Å². The summed E-state index contributed by atoms with van der Waals surface area (Å²) >= 11 is 1.75. The monoisotopic (exact) mass is 388 g/mol. The van der Waals surface area contributed by atoms with Crippen molar-refractivity contribution in [2.24, 2.45) is 0 Å². The van der Waals surface area contributed by atoms with Gasteiger partial charge in [0.1, 0.15) is 5.82 Å². The van der Waals surface area contributed by atoms with Gasteiger partial charge in [0.05, 0.1) is 11.4 Å². The summed E-state index contributed by atoms with van der Waals surface area (Å²) in [6.07, 6.45) is 0.667. The number of hydrogen-bond acceptors (Lipinski definition) is 5. The SMILES string of the molecule is CCOCCCNC(=O)C(=O)Nc1c2c(nn1-c1ccccc1C)CSC2. The summed E-state index contributed by atoms with van der Waals surface area (Å²) in [4.78, 5) is 24.5. The standard InChI is InChI=1S/C19H24N4O3S/c1-3-26-10-6-9-20-18(24)19(25)21-17-14-11-27-12-15(14)22-23(17)16-8-5-4-7-13(16)2/h4-5,7-8H,3,6,9-12H2,1-2H3,(H,20,24)(H,21,25). The van der Waals surface area contributed by atoms with Gasteiger partial charge in [-0.05, 0) is 31.9 Å². The molecule has 2 aromatic rings. The highest BCUT2D eigenvalue weighted by Crippen LogP contribution is 2.36. The van der Waals surface area contributed by atoms with Gasteiger partial charge in [-0.15, -0.1) is 0 Å². The molecule has 2 N–H and O–H groups in total. The van der Waals surface area contributed by atoms with Gasteiger partial charge in [0.15, 0.2) is 0 Å². The number of thioether (sulfide) groups is 1. The molecular weight excluding hydrogens is 364 g/mol. The third-order valence-corrected chi connectivity index (χ3v) is 5.26. The van der Waals surface area contributed by atoms with Crippen LogP contribution in [0.3, 0.4) is 0 Å². The second-order valence-electron chi connectivity index (χ2n) is 6.23. The highest BCUT2D eigenvalue weighted by molar-refractivity contribution is 7.98. The minimum atomic E-state index is -0.680. The number of ether oxygens (including phenoxy) is 1. The summed E-state index contributed by atoms with van der Waals surface area (Å²) in [7, 11) is 0. The lowest BCUT2D eigenvalue weighted by atomic mass is 10.2. The highest BCUT2D eigenvalue weighted by atomic mass is 32.2. The molecule has 0 saturated carbocycles. The number of nitrogens with one attached hydrogen (secondary N) is 2. The third-order valence-electron chi connectivity index (χ3n) is 4.29. The summed E-state index contributed by atoms with van der Waals surface area (Å²) in [6, 6.07) is 7.84. The van der Waals surface area contributed by atoms with Crippen LogP contribution >= 0.6 is 11.8 Å². The molecule has 0 fully saturated rings. The number of carbonyl (C=O) groups excluding carboxylic acids is 2. The van der Waals surface area contributed by atoms with Gasteiger partial charge in [-0.2, -0.15) is 16.9 Å². The Bertz CT molecular complexity index is 834. The zero-order valence-corrected chi connectivity index (χ0v) is 16.4. The van der Waals surface area contributed by atoms with E-state index in [1.807, 2.05) is 38.1 Å². The molecule has 0 unspecified atom stereocenters. The number of aromatic nitrogens is 2. The van der Waals surface area contributed by atoms with Gasteiger partial charge in [0.2, 0.25) is 0 Å². The molecule has 2 amide bonds. The van der Waals surface area contributed by atoms with Gasteiger partial charge in [-0.3, -0.25) is 9.59 Å². The summed E-state index contributed by atoms with van der Waals surface area (Å²) in [6.45, 7) is 5.51. The highest BCUT2D eigenvalue weighted by Gasteiger charge is 2.26. The van der Waals surface area contributed by atoms with E-state index < -0.39 is 11.8 Å². The van der Waals surface area contributed by atoms with Crippen molar-refractivity contribution in [1.82, 2.24) is 15.1 Å². The largest absolute Gasteiger partial charge is 0.382 e. The smallest absolute Gasteiger partial charge is 0.314 e. The summed E-state index contributed by atoms with van der Waals surface area (Å²) in [5, 5.41) is 10.1. The number of anilines is 1. The van der Waals surface area contributed by atoms with E-state index in [0.29, 0.717) is 32.0 Å². The molecule has 1 aromatic carbocycles. The predicted molar refractivity (Wildman–Crippen MR) is 106 cm³/mol. The van der Waals surface area contributed by atoms with Crippen molar-refractivity contribution in [3.05, 3.63) is 41.1 Å². The van der Waals surface area contributed by atoms with E-state index in [-0.39, 0.29) is 0 Å². The van der Waals surface area contributed by atoms with Crippen molar-refractivity contribution >= 4 is 29.4 Å². The molecule has 7 nitrogen and oxygen atoms in total. The third kappa shape index (κ3) is 4.51. The number of carbonyl (C=O) groups is 2. The second kappa shape index (κ2) is 9.05. The Morgan fingerprint density at radius 3 is 2.85 bits per heavy atom. The first-order chi connectivity index (χ1) is 13.1. The molecule has 0 atom stereocenters. The van der Waals surface area contributed by atoms with Crippen LogP contribution in [0, 0.1) is 6.92 Å². The quantitative estimate of drug-likeness (QED) is 0.562. The van der Waals surface area contributed by atoms with Crippen LogP contribution in [0.5, 0.6) is 0 Å². The van der Waals surface area contributed by atoms with Crippen molar-refractivity contribution < 1.29 is 14.3 Å². The molecule has 0 aliphatic carbocycles. The first-order valence-corrected chi connectivity index (χ1v) is 10.2. The maximum absolute atomic E-state index is 12.4. The zero-order valence-electron chi connectivity index (χ0n) is 15.6. The number of nitrogens with zero attached hydrogens (tertiary/aromatic N) is 2. The van der Waals surface area contributed by atoms with Crippen molar-refractivity contribution in [3.8, 4) is 5.69 Å². The number of para-hydroxylation sites is 1. The first-order valence-electron chi connectivity index (χ1n) is 9.03. The van der Waals surface area contributed by atoms with Crippen molar-refractivity contribution in [3.63, 3.8) is 0 Å². The maximum Gasteiger partial charge on any atom is 0.314 e. The lowest BCUT2D eigenvalue weighted by Crippen LogP contribution is -2.36. The summed E-state index contributed by atoms with van der Waals surface area (Å²) < 4.78 is 6.96. The Hall–Kier alpha value is -2.32. The lowest BCUT2D eigenvalue weighted by Gasteiger charge is -2.13. The summed E-state index contributed by atoms with van der Waals surface area (Å²) in [5.41, 5.74) is 3.88. The molecular formula is C19H24N4O3S. The molecule has 27 heavy (non-hydrogen) atoms. The molecule has 1 aliphatic rings. The number of amides is 2. The van der Waals surface area contributed by atoms with Gasteiger partial charge >= 0.3 is 11.8 Å². The molecule has 1 aromatic heterocycles. The number of aryl methyl sites for hydroxylation is 1. The molecule has 1 aliphatic heterocycles. The maximum atomic E-state index is 12.4. The number of rotatable bonds is 7. The molecule has 0 spiro atoms. The number of benzene rings is 1. The topological polar surface area (TPSA) is 85.2 Å². The average molecular weight is 388 g/mol. The van der Waals surface area contributed by atoms with E-state index in [4.69, 9.17) is 4.74 Å². The van der Waals surface area contributed by atoms with Crippen molar-refractivity contribution in [2.45, 2.75) is 31.8 Å². The van der Waals surface area contributed by atoms with E-state index in [1.165, 1.54) is 0 Å². The molecule has 144 valence electrons. The molecule has 8 heteroatoms. The Balaban J connectivity index is 1.74.